The Hall–Kier alpha value is -3.24. The maximum absolute atomic E-state index is 13.2. The fourth-order valence-corrected chi connectivity index (χ4v) is 4.50. The number of hydrogen-bond donors (Lipinski definition) is 3. The van der Waals surface area contributed by atoms with Crippen molar-refractivity contribution in [3.05, 3.63) is 82.6 Å². The predicted octanol–water partition coefficient (Wildman–Crippen LogP) is 1.99. The zero-order valence-corrected chi connectivity index (χ0v) is 20.1. The molecule has 4 rings (SSSR count). The van der Waals surface area contributed by atoms with Crippen LogP contribution in [0.4, 0.5) is 0 Å². The summed E-state index contributed by atoms with van der Waals surface area (Å²) in [7, 11) is 1.33. The van der Waals surface area contributed by atoms with E-state index in [1.54, 1.807) is 18.2 Å². The molecule has 1 heterocycles. The molecule has 2 aromatic rings. The van der Waals surface area contributed by atoms with Crippen LogP contribution in [0.5, 0.6) is 0 Å². The fraction of sp³-hybridized carbons (Fsp3) is 0.407. The van der Waals surface area contributed by atoms with Gasteiger partial charge in [-0.3, -0.25) is 4.79 Å². The van der Waals surface area contributed by atoms with E-state index in [4.69, 9.17) is 24.1 Å². The van der Waals surface area contributed by atoms with Gasteiger partial charge < -0.3 is 34.5 Å². The van der Waals surface area contributed by atoms with Crippen molar-refractivity contribution in [1.82, 2.24) is 5.32 Å². The summed E-state index contributed by atoms with van der Waals surface area (Å²) >= 11 is 0. The van der Waals surface area contributed by atoms with E-state index in [9.17, 15) is 14.7 Å². The average Bonchev–Trinajstić information content (AvgIpc) is 3.22. The van der Waals surface area contributed by atoms with Crippen LogP contribution in [-0.2, 0) is 30.2 Å². The quantitative estimate of drug-likeness (QED) is 0.336. The third-order valence-corrected chi connectivity index (χ3v) is 6.30. The number of carbonyl (C=O) groups excluding carboxylic acids is 2. The minimum atomic E-state index is -0.729. The lowest BCUT2D eigenvalue weighted by Crippen LogP contribution is -2.38. The van der Waals surface area contributed by atoms with Crippen LogP contribution in [0, 0.1) is 0 Å². The lowest BCUT2D eigenvalue weighted by atomic mass is 9.92. The lowest BCUT2D eigenvalue weighted by molar-refractivity contribution is -0.151. The Kier molecular flexibility index (Phi) is 8.71. The van der Waals surface area contributed by atoms with Crippen LogP contribution in [0.3, 0.4) is 0 Å². The first kappa shape index (κ1) is 25.8. The van der Waals surface area contributed by atoms with Gasteiger partial charge in [0.2, 0.25) is 6.29 Å². The van der Waals surface area contributed by atoms with Gasteiger partial charge in [0.15, 0.2) is 5.76 Å². The summed E-state index contributed by atoms with van der Waals surface area (Å²) in [4.78, 5) is 25.0. The van der Waals surface area contributed by atoms with Crippen molar-refractivity contribution in [2.75, 3.05) is 33.5 Å². The number of fused-ring (bicyclic) bond motifs is 1. The molecule has 2 aromatic carbocycles. The van der Waals surface area contributed by atoms with Crippen LogP contribution in [0.25, 0.3) is 0 Å². The Morgan fingerprint density at radius 2 is 1.86 bits per heavy atom. The summed E-state index contributed by atoms with van der Waals surface area (Å²) in [5.41, 5.74) is 3.20. The van der Waals surface area contributed by atoms with E-state index in [2.05, 4.69) is 5.32 Å². The Labute approximate surface area is 209 Å². The normalized spacial score (nSPS) is 22.8. The smallest absolute Gasteiger partial charge is 0.337 e. The topological polar surface area (TPSA) is 124 Å². The number of aliphatic hydroxyl groups excluding tert-OH is 2. The van der Waals surface area contributed by atoms with E-state index >= 15 is 0 Å². The van der Waals surface area contributed by atoms with Gasteiger partial charge in [-0.2, -0.15) is 0 Å². The molecule has 0 saturated carbocycles. The largest absolute Gasteiger partial charge is 0.465 e. The molecule has 0 fully saturated rings. The highest BCUT2D eigenvalue weighted by atomic mass is 16.7. The van der Waals surface area contributed by atoms with Crippen molar-refractivity contribution >= 4 is 11.9 Å². The molecular formula is C27H31NO8. The number of esters is 1. The molecule has 3 N–H and O–H groups in total. The standard InChI is InChI=1S/C27H31NO8/c1-33-27(32)18-8-6-17(7-9-18)20-15-23(36-24(16-20)35-13-12-34-11-10-29)26(31)28-25-21-5-3-2-4-19(21)14-22(25)30/h2-9,15,20,22,24-25,29-30H,10-14,16H2,1H3,(H,28,31)/t20-,22+,24+,25-/m0/s1. The summed E-state index contributed by atoms with van der Waals surface area (Å²) < 4.78 is 21.7. The highest BCUT2D eigenvalue weighted by Crippen LogP contribution is 2.34. The van der Waals surface area contributed by atoms with Crippen LogP contribution < -0.4 is 5.32 Å². The van der Waals surface area contributed by atoms with Crippen LogP contribution in [0.15, 0.2) is 60.4 Å². The first-order valence-corrected chi connectivity index (χ1v) is 11.9. The highest BCUT2D eigenvalue weighted by Gasteiger charge is 2.35. The van der Waals surface area contributed by atoms with E-state index in [1.807, 2.05) is 36.4 Å². The molecule has 9 nitrogen and oxygen atoms in total. The van der Waals surface area contributed by atoms with E-state index in [1.165, 1.54) is 7.11 Å². The molecule has 4 atom stereocenters. The van der Waals surface area contributed by atoms with Crippen molar-refractivity contribution in [3.8, 4) is 0 Å². The molecule has 36 heavy (non-hydrogen) atoms. The first-order chi connectivity index (χ1) is 17.5. The lowest BCUT2D eigenvalue weighted by Gasteiger charge is -2.30. The average molecular weight is 498 g/mol. The van der Waals surface area contributed by atoms with Gasteiger partial charge in [0, 0.05) is 18.8 Å². The zero-order valence-electron chi connectivity index (χ0n) is 20.1. The molecule has 2 aliphatic rings. The molecule has 0 aromatic heterocycles. The van der Waals surface area contributed by atoms with Crippen LogP contribution in [0.2, 0.25) is 0 Å². The van der Waals surface area contributed by atoms with Gasteiger partial charge in [0.05, 0.1) is 51.2 Å². The van der Waals surface area contributed by atoms with Gasteiger partial charge in [-0.1, -0.05) is 36.4 Å². The second-order valence-corrected chi connectivity index (χ2v) is 8.66. The van der Waals surface area contributed by atoms with E-state index in [-0.39, 0.29) is 38.1 Å². The maximum Gasteiger partial charge on any atom is 0.337 e. The van der Waals surface area contributed by atoms with Crippen LogP contribution in [-0.4, -0.2) is 68.0 Å². The molecule has 0 spiro atoms. The second kappa shape index (κ2) is 12.1. The summed E-state index contributed by atoms with van der Waals surface area (Å²) in [5.74, 6) is -0.989. The number of benzene rings is 2. The van der Waals surface area contributed by atoms with E-state index in [0.717, 1.165) is 16.7 Å². The number of ether oxygens (including phenoxy) is 4. The molecular weight excluding hydrogens is 466 g/mol. The minimum Gasteiger partial charge on any atom is -0.465 e. The van der Waals surface area contributed by atoms with E-state index < -0.39 is 30.3 Å². The van der Waals surface area contributed by atoms with Gasteiger partial charge in [-0.25, -0.2) is 4.79 Å². The Bertz CT molecular complexity index is 1080. The van der Waals surface area contributed by atoms with Gasteiger partial charge in [-0.05, 0) is 34.9 Å². The molecule has 0 radical (unpaired) electrons. The third kappa shape index (κ3) is 6.11. The maximum atomic E-state index is 13.2. The first-order valence-electron chi connectivity index (χ1n) is 11.9. The van der Waals surface area contributed by atoms with Gasteiger partial charge in [0.25, 0.3) is 5.91 Å². The minimum absolute atomic E-state index is 0.0766. The van der Waals surface area contributed by atoms with Crippen molar-refractivity contribution in [1.29, 1.82) is 0 Å². The number of allylic oxidation sites excluding steroid dienone is 1. The summed E-state index contributed by atoms with van der Waals surface area (Å²) in [6, 6.07) is 14.1. The molecule has 1 aliphatic heterocycles. The third-order valence-electron chi connectivity index (χ3n) is 6.30. The summed E-state index contributed by atoms with van der Waals surface area (Å²) in [6.07, 6.45) is 1.21. The number of rotatable bonds is 10. The molecule has 0 saturated heterocycles. The SMILES string of the molecule is COC(=O)c1ccc([C@H]2C=C(C(=O)N[C@H]3c4ccccc4C[C@H]3O)O[C@@H](OCCOCCO)C2)cc1. The van der Waals surface area contributed by atoms with Crippen molar-refractivity contribution in [3.63, 3.8) is 0 Å². The Balaban J connectivity index is 1.51. The number of hydrogen-bond acceptors (Lipinski definition) is 8. The van der Waals surface area contributed by atoms with Gasteiger partial charge in [0.1, 0.15) is 0 Å². The predicted molar refractivity (Wildman–Crippen MR) is 129 cm³/mol. The van der Waals surface area contributed by atoms with Gasteiger partial charge in [-0.15, -0.1) is 0 Å². The van der Waals surface area contributed by atoms with Crippen LogP contribution in [0.1, 0.15) is 45.4 Å². The number of carbonyl (C=O) groups is 2. The Morgan fingerprint density at radius 3 is 2.61 bits per heavy atom. The Morgan fingerprint density at radius 1 is 1.08 bits per heavy atom. The number of aliphatic hydroxyl groups is 2. The highest BCUT2D eigenvalue weighted by molar-refractivity contribution is 5.92. The van der Waals surface area contributed by atoms with Gasteiger partial charge >= 0.3 is 5.97 Å². The number of methoxy groups -OCH3 is 1. The summed E-state index contributed by atoms with van der Waals surface area (Å²) in [5, 5.41) is 22.3. The number of amides is 1. The molecule has 0 unspecified atom stereocenters. The monoisotopic (exact) mass is 497 g/mol. The van der Waals surface area contributed by atoms with Crippen LogP contribution >= 0.6 is 0 Å². The van der Waals surface area contributed by atoms with Crippen molar-refractivity contribution < 1.29 is 38.7 Å². The molecule has 192 valence electrons. The molecule has 1 amide bonds. The number of nitrogens with one attached hydrogen (secondary N) is 1. The molecule has 9 heteroatoms. The zero-order chi connectivity index (χ0) is 25.5. The van der Waals surface area contributed by atoms with Crippen molar-refractivity contribution in [2.24, 2.45) is 0 Å². The van der Waals surface area contributed by atoms with Crippen molar-refractivity contribution in [2.45, 2.75) is 37.2 Å². The molecule has 0 bridgehead atoms. The fourth-order valence-electron chi connectivity index (χ4n) is 4.50. The van der Waals surface area contributed by atoms with E-state index in [0.29, 0.717) is 18.4 Å². The second-order valence-electron chi connectivity index (χ2n) is 8.66. The molecule has 1 aliphatic carbocycles. The summed E-state index contributed by atoms with van der Waals surface area (Å²) in [6.45, 7) is 0.632.